The van der Waals surface area contributed by atoms with Crippen LogP contribution in [0.1, 0.15) is 68.9 Å². The first-order valence-corrected chi connectivity index (χ1v) is 10.3. The monoisotopic (exact) mass is 446 g/mol. The maximum Gasteiger partial charge on any atom is 0.419 e. The molecular formula is C21H26F4N2O2S. The molecule has 0 saturated carbocycles. The molecule has 2 rings (SSSR count). The van der Waals surface area contributed by atoms with Gasteiger partial charge in [-0.25, -0.2) is 4.39 Å². The number of alkyl halides is 3. The zero-order valence-corrected chi connectivity index (χ0v) is 18.4. The second-order valence-electron chi connectivity index (χ2n) is 8.80. The van der Waals surface area contributed by atoms with Crippen LogP contribution in [0.3, 0.4) is 0 Å². The number of rotatable bonds is 5. The molecule has 0 bridgehead atoms. The largest absolute Gasteiger partial charge is 0.419 e. The quantitative estimate of drug-likeness (QED) is 0.634. The fourth-order valence-electron chi connectivity index (χ4n) is 2.75. The molecule has 0 fully saturated rings. The predicted octanol–water partition coefficient (Wildman–Crippen LogP) is 5.30. The van der Waals surface area contributed by atoms with Gasteiger partial charge in [0.1, 0.15) is 10.5 Å². The lowest BCUT2D eigenvalue weighted by Crippen LogP contribution is -2.19. The van der Waals surface area contributed by atoms with Crippen molar-refractivity contribution in [3.63, 3.8) is 0 Å². The van der Waals surface area contributed by atoms with E-state index in [0.29, 0.717) is 30.0 Å². The van der Waals surface area contributed by atoms with Crippen LogP contribution in [-0.4, -0.2) is 20.6 Å². The Morgan fingerprint density at radius 1 is 1.17 bits per heavy atom. The third-order valence-electron chi connectivity index (χ3n) is 4.37. The summed E-state index contributed by atoms with van der Waals surface area (Å²) in [6, 6.07) is 2.57. The fraction of sp³-hybridized carbons (Fsp3) is 0.524. The van der Waals surface area contributed by atoms with Crippen molar-refractivity contribution in [3.05, 3.63) is 51.6 Å². The molecule has 1 heterocycles. The minimum Gasteiger partial charge on any atom is -0.390 e. The van der Waals surface area contributed by atoms with E-state index in [9.17, 15) is 27.5 Å². The topological polar surface area (TPSA) is 54.6 Å². The molecular weight excluding hydrogens is 420 g/mol. The van der Waals surface area contributed by atoms with Crippen molar-refractivity contribution in [1.82, 2.24) is 3.96 Å². The Labute approximate surface area is 177 Å². The van der Waals surface area contributed by atoms with E-state index in [-0.39, 0.29) is 5.54 Å². The molecule has 0 spiro atoms. The molecule has 0 radical (unpaired) electrons. The van der Waals surface area contributed by atoms with Crippen LogP contribution in [0.15, 0.2) is 29.4 Å². The molecule has 0 unspecified atom stereocenters. The van der Waals surface area contributed by atoms with E-state index in [4.69, 9.17) is 0 Å². The highest BCUT2D eigenvalue weighted by Crippen LogP contribution is 2.32. The molecule has 0 atom stereocenters. The standard InChI is InChI=1S/C21H26F4N2O2S/c1-19(2,3)27-12-13(8-7-11-20(4,5)29)18(30-27)26-17(28)14-9-6-10-15(16(14)22)21(23,24)25/h6,9-10,12,29H,7-8,11H2,1-5H3. The average Bonchev–Trinajstić information content (AvgIpc) is 2.95. The Morgan fingerprint density at radius 3 is 2.33 bits per heavy atom. The second-order valence-corrected chi connectivity index (χ2v) is 9.76. The maximum absolute atomic E-state index is 14.3. The smallest absolute Gasteiger partial charge is 0.390 e. The number of amides is 1. The number of hydrogen-bond acceptors (Lipinski definition) is 3. The summed E-state index contributed by atoms with van der Waals surface area (Å²) >= 11 is 1.18. The van der Waals surface area contributed by atoms with Crippen LogP contribution >= 0.6 is 11.5 Å². The fourth-order valence-corrected chi connectivity index (χ4v) is 3.79. The third kappa shape index (κ3) is 6.25. The molecule has 2 aromatic rings. The van der Waals surface area contributed by atoms with Gasteiger partial charge in [-0.2, -0.15) is 18.2 Å². The van der Waals surface area contributed by atoms with Crippen LogP contribution in [0.5, 0.6) is 0 Å². The molecule has 0 aliphatic rings. The highest BCUT2D eigenvalue weighted by molar-refractivity contribution is 7.04. The first-order valence-electron chi connectivity index (χ1n) is 9.49. The lowest BCUT2D eigenvalue weighted by atomic mass is 10.00. The van der Waals surface area contributed by atoms with Crippen molar-refractivity contribution in [3.8, 4) is 0 Å². The molecule has 9 heteroatoms. The molecule has 166 valence electrons. The number of nitrogens with zero attached hydrogens (tertiary/aromatic N) is 2. The highest BCUT2D eigenvalue weighted by Gasteiger charge is 2.35. The minimum absolute atomic E-state index is 0.298. The number of carbonyl (C=O) groups excluding carboxylic acids is 1. The number of hydrogen-bond donors (Lipinski definition) is 1. The molecule has 1 aromatic carbocycles. The second kappa shape index (κ2) is 8.63. The molecule has 0 aliphatic carbocycles. The molecule has 0 saturated heterocycles. The number of carbonyl (C=O) groups is 1. The average molecular weight is 447 g/mol. The number of aromatic nitrogens is 1. The Balaban J connectivity index is 2.46. The summed E-state index contributed by atoms with van der Waals surface area (Å²) in [4.78, 5) is 16.5. The van der Waals surface area contributed by atoms with Crippen molar-refractivity contribution < 1.29 is 27.5 Å². The number of aliphatic hydroxyl groups is 1. The summed E-state index contributed by atoms with van der Waals surface area (Å²) in [6.07, 6.45) is -1.40. The van der Waals surface area contributed by atoms with E-state index in [1.54, 1.807) is 13.8 Å². The van der Waals surface area contributed by atoms with Crippen molar-refractivity contribution in [2.24, 2.45) is 4.99 Å². The molecule has 4 nitrogen and oxygen atoms in total. The van der Waals surface area contributed by atoms with Crippen LogP contribution in [0.4, 0.5) is 17.6 Å². The first kappa shape index (κ1) is 24.3. The lowest BCUT2D eigenvalue weighted by molar-refractivity contribution is -0.140. The molecule has 1 aromatic heterocycles. The lowest BCUT2D eigenvalue weighted by Gasteiger charge is -2.19. The first-order chi connectivity index (χ1) is 13.6. The summed E-state index contributed by atoms with van der Waals surface area (Å²) in [6.45, 7) is 9.27. The van der Waals surface area contributed by atoms with Gasteiger partial charge in [0.25, 0.3) is 5.91 Å². The molecule has 1 N–H and O–H groups in total. The third-order valence-corrected chi connectivity index (χ3v) is 5.74. The normalized spacial score (nSPS) is 13.7. The van der Waals surface area contributed by atoms with Gasteiger partial charge < -0.3 is 5.11 Å². The summed E-state index contributed by atoms with van der Waals surface area (Å²) in [5.41, 5.74) is -2.63. The van der Waals surface area contributed by atoms with Gasteiger partial charge in [-0.05, 0) is 77.5 Å². The van der Waals surface area contributed by atoms with E-state index in [1.807, 2.05) is 30.9 Å². The Morgan fingerprint density at radius 2 is 1.80 bits per heavy atom. The molecule has 0 aliphatic heterocycles. The van der Waals surface area contributed by atoms with Gasteiger partial charge in [0.2, 0.25) is 0 Å². The van der Waals surface area contributed by atoms with Gasteiger partial charge in [-0.3, -0.25) is 8.75 Å². The Kier molecular flexibility index (Phi) is 6.98. The summed E-state index contributed by atoms with van der Waals surface area (Å²) < 4.78 is 55.4. The minimum atomic E-state index is -4.90. The van der Waals surface area contributed by atoms with E-state index in [1.165, 1.54) is 11.5 Å². The number of halogens is 4. The van der Waals surface area contributed by atoms with E-state index in [0.717, 1.165) is 17.7 Å². The van der Waals surface area contributed by atoms with Gasteiger partial charge in [0.05, 0.1) is 16.7 Å². The van der Waals surface area contributed by atoms with Crippen molar-refractivity contribution in [2.75, 3.05) is 0 Å². The van der Waals surface area contributed by atoms with Gasteiger partial charge in [0, 0.05) is 17.3 Å². The van der Waals surface area contributed by atoms with Crippen LogP contribution < -0.4 is 4.67 Å². The summed E-state index contributed by atoms with van der Waals surface area (Å²) in [7, 11) is 0. The van der Waals surface area contributed by atoms with Crippen molar-refractivity contribution in [2.45, 2.75) is 71.2 Å². The predicted molar refractivity (Wildman–Crippen MR) is 108 cm³/mol. The van der Waals surface area contributed by atoms with E-state index < -0.39 is 34.6 Å². The molecule has 30 heavy (non-hydrogen) atoms. The van der Waals surface area contributed by atoms with Crippen molar-refractivity contribution in [1.29, 1.82) is 0 Å². The van der Waals surface area contributed by atoms with Crippen molar-refractivity contribution >= 4 is 17.4 Å². The van der Waals surface area contributed by atoms with Crippen LogP contribution in [-0.2, 0) is 18.1 Å². The van der Waals surface area contributed by atoms with Gasteiger partial charge in [0.15, 0.2) is 0 Å². The summed E-state index contributed by atoms with van der Waals surface area (Å²) in [5.74, 6) is -2.69. The van der Waals surface area contributed by atoms with Gasteiger partial charge in [-0.1, -0.05) is 6.07 Å². The number of benzene rings is 1. The van der Waals surface area contributed by atoms with Crippen LogP contribution in [0.2, 0.25) is 0 Å². The van der Waals surface area contributed by atoms with E-state index in [2.05, 4.69) is 4.99 Å². The van der Waals surface area contributed by atoms with Crippen LogP contribution in [0, 0.1) is 5.82 Å². The Bertz CT molecular complexity index is 977. The zero-order chi connectivity index (χ0) is 22.9. The zero-order valence-electron chi connectivity index (χ0n) is 17.6. The van der Waals surface area contributed by atoms with E-state index >= 15 is 0 Å². The number of aryl methyl sites for hydroxylation is 1. The molecule has 1 amide bonds. The summed E-state index contributed by atoms with van der Waals surface area (Å²) in [5, 5.41) is 9.90. The van der Waals surface area contributed by atoms with Gasteiger partial charge in [-0.15, -0.1) is 0 Å². The Hall–Kier alpha value is -2.00. The van der Waals surface area contributed by atoms with Crippen LogP contribution in [0.25, 0.3) is 0 Å². The maximum atomic E-state index is 14.3. The highest BCUT2D eigenvalue weighted by atomic mass is 32.1. The SMILES string of the molecule is CC(C)(O)CCCc1cn(C(C)(C)C)sc1=NC(=O)c1cccc(C(F)(F)F)c1F. The van der Waals surface area contributed by atoms with Gasteiger partial charge >= 0.3 is 6.18 Å².